The Hall–Kier alpha value is -0.160. The molecule has 0 heterocycles. The van der Waals surface area contributed by atoms with Gasteiger partial charge in [-0.2, -0.15) is 0 Å². The van der Waals surface area contributed by atoms with Crippen LogP contribution in [0.2, 0.25) is 0 Å². The molecule has 3 saturated carbocycles. The van der Waals surface area contributed by atoms with Crippen LogP contribution in [-0.4, -0.2) is 47.9 Å². The van der Waals surface area contributed by atoms with Crippen LogP contribution < -0.4 is 0 Å². The van der Waals surface area contributed by atoms with Gasteiger partial charge in [0.25, 0.3) is 0 Å². The van der Waals surface area contributed by atoms with Crippen molar-refractivity contribution >= 4 is 0 Å². The molecule has 4 unspecified atom stereocenters. The quantitative estimate of drug-likeness (QED) is 0.591. The van der Waals surface area contributed by atoms with E-state index >= 15 is 0 Å². The summed E-state index contributed by atoms with van der Waals surface area (Å²) in [7, 11) is 2.00. The minimum atomic E-state index is 0.105. The normalized spacial score (nSPS) is 43.7. The summed E-state index contributed by atoms with van der Waals surface area (Å²) in [5.74, 6) is 1.55. The molecule has 4 heteroatoms. The highest BCUT2D eigenvalue weighted by Gasteiger charge is 2.67. The van der Waals surface area contributed by atoms with Gasteiger partial charge in [-0.15, -0.1) is 0 Å². The molecule has 0 saturated heterocycles. The van der Waals surface area contributed by atoms with Crippen molar-refractivity contribution in [2.75, 3.05) is 27.4 Å². The third kappa shape index (κ3) is 1.90. The second-order valence-corrected chi connectivity index (χ2v) is 5.75. The Bertz CT molecular complexity index is 258. The lowest BCUT2D eigenvalue weighted by Gasteiger charge is -2.46. The fraction of sp³-hybridized carbons (Fsp3) is 1.00. The zero-order valence-corrected chi connectivity index (χ0v) is 11.6. The molecule has 3 fully saturated rings. The lowest BCUT2D eigenvalue weighted by Crippen LogP contribution is -2.45. The predicted octanol–water partition coefficient (Wildman–Crippen LogP) is 0.775. The molecule has 4 atom stereocenters. The van der Waals surface area contributed by atoms with Crippen molar-refractivity contribution in [3.63, 3.8) is 0 Å². The number of hydrogen-bond acceptors (Lipinski definition) is 4. The monoisotopic (exact) mass is 260 g/mol. The van der Waals surface area contributed by atoms with Crippen molar-refractivity contribution in [1.29, 1.82) is 0 Å². The molecule has 0 amide bonds. The van der Waals surface area contributed by atoms with Gasteiger partial charge < -0.3 is 20.4 Å². The molecule has 4 N–H and O–H groups in total. The molecule has 108 valence electrons. The first-order valence-electron chi connectivity index (χ1n) is 6.89. The Balaban J connectivity index is 0.000000371. The summed E-state index contributed by atoms with van der Waals surface area (Å²) in [5.41, 5.74) is 0.220. The molecular weight excluding hydrogens is 232 g/mol. The first-order valence-corrected chi connectivity index (χ1v) is 6.89. The molecule has 3 aliphatic carbocycles. The molecule has 2 bridgehead atoms. The smallest absolute Gasteiger partial charge is 0.0496 e. The van der Waals surface area contributed by atoms with Gasteiger partial charge >= 0.3 is 0 Å². The van der Waals surface area contributed by atoms with E-state index in [9.17, 15) is 10.2 Å². The molecule has 0 aromatic carbocycles. The topological polar surface area (TPSA) is 80.9 Å². The second kappa shape index (κ2) is 6.33. The van der Waals surface area contributed by atoms with Crippen LogP contribution in [0.4, 0.5) is 0 Å². The molecule has 4 nitrogen and oxygen atoms in total. The summed E-state index contributed by atoms with van der Waals surface area (Å²) in [6.07, 6.45) is 7.37. The van der Waals surface area contributed by atoms with Gasteiger partial charge in [0, 0.05) is 38.3 Å². The zero-order valence-electron chi connectivity index (χ0n) is 11.6. The summed E-state index contributed by atoms with van der Waals surface area (Å²) in [4.78, 5) is 0. The van der Waals surface area contributed by atoms with Gasteiger partial charge in [-0.3, -0.25) is 0 Å². The number of aliphatic hydroxyl groups excluding tert-OH is 4. The van der Waals surface area contributed by atoms with Gasteiger partial charge in [0.1, 0.15) is 0 Å². The summed E-state index contributed by atoms with van der Waals surface area (Å²) < 4.78 is 0. The third-order valence-electron chi connectivity index (χ3n) is 5.70. The van der Waals surface area contributed by atoms with Crippen LogP contribution in [0.15, 0.2) is 0 Å². The lowest BCUT2D eigenvalue weighted by molar-refractivity contribution is -0.0597. The highest BCUT2D eigenvalue weighted by atomic mass is 16.3. The summed E-state index contributed by atoms with van der Waals surface area (Å²) in [6, 6.07) is 0. The molecule has 0 radical (unpaired) electrons. The van der Waals surface area contributed by atoms with Crippen LogP contribution in [0.25, 0.3) is 0 Å². The van der Waals surface area contributed by atoms with Gasteiger partial charge in [-0.25, -0.2) is 0 Å². The molecule has 3 aliphatic rings. The largest absolute Gasteiger partial charge is 0.400 e. The fourth-order valence-corrected chi connectivity index (χ4v) is 5.07. The minimum absolute atomic E-state index is 0.105. The van der Waals surface area contributed by atoms with E-state index < -0.39 is 0 Å². The molecule has 0 aromatic rings. The fourth-order valence-electron chi connectivity index (χ4n) is 5.07. The Labute approximate surface area is 110 Å². The van der Waals surface area contributed by atoms with Gasteiger partial charge in [-0.05, 0) is 43.9 Å². The number of aliphatic hydroxyl groups is 4. The lowest BCUT2D eigenvalue weighted by atomic mass is 9.60. The van der Waals surface area contributed by atoms with Crippen molar-refractivity contribution in [1.82, 2.24) is 0 Å². The predicted molar refractivity (Wildman–Crippen MR) is 70.0 cm³/mol. The number of hydrogen-bond donors (Lipinski definition) is 4. The number of fused-ring (bicyclic) bond motifs is 5. The zero-order chi connectivity index (χ0) is 13.8. The van der Waals surface area contributed by atoms with Crippen molar-refractivity contribution in [3.8, 4) is 0 Å². The second-order valence-electron chi connectivity index (χ2n) is 5.75. The molecular formula is C14H28O4. The molecule has 18 heavy (non-hydrogen) atoms. The van der Waals surface area contributed by atoms with Crippen LogP contribution in [0.5, 0.6) is 0 Å². The van der Waals surface area contributed by atoms with Crippen LogP contribution in [0.3, 0.4) is 0 Å². The summed E-state index contributed by atoms with van der Waals surface area (Å²) in [5, 5.41) is 33.4. The van der Waals surface area contributed by atoms with E-state index in [0.29, 0.717) is 13.2 Å². The third-order valence-corrected chi connectivity index (χ3v) is 5.70. The first-order chi connectivity index (χ1) is 8.78. The van der Waals surface area contributed by atoms with Crippen LogP contribution in [0, 0.1) is 22.7 Å². The van der Waals surface area contributed by atoms with Gasteiger partial charge in [0.2, 0.25) is 0 Å². The van der Waals surface area contributed by atoms with Crippen LogP contribution in [0.1, 0.15) is 38.5 Å². The van der Waals surface area contributed by atoms with Crippen molar-refractivity contribution in [3.05, 3.63) is 0 Å². The van der Waals surface area contributed by atoms with Crippen molar-refractivity contribution in [2.45, 2.75) is 38.5 Å². The van der Waals surface area contributed by atoms with Gasteiger partial charge in [0.15, 0.2) is 0 Å². The summed E-state index contributed by atoms with van der Waals surface area (Å²) >= 11 is 0. The van der Waals surface area contributed by atoms with Gasteiger partial charge in [-0.1, -0.05) is 6.42 Å². The average molecular weight is 260 g/mol. The SMILES string of the molecule is CO.CO.OCC12CCC(C1)C1CCCC12CO. The highest BCUT2D eigenvalue weighted by Crippen LogP contribution is 2.72. The molecule has 0 aromatic heterocycles. The molecule has 0 aliphatic heterocycles. The van der Waals surface area contributed by atoms with Crippen molar-refractivity contribution < 1.29 is 20.4 Å². The van der Waals surface area contributed by atoms with Gasteiger partial charge in [0.05, 0.1) is 0 Å². The summed E-state index contributed by atoms with van der Waals surface area (Å²) in [6.45, 7) is 0.620. The van der Waals surface area contributed by atoms with E-state index in [4.69, 9.17) is 10.2 Å². The van der Waals surface area contributed by atoms with Crippen LogP contribution >= 0.6 is 0 Å². The van der Waals surface area contributed by atoms with E-state index in [0.717, 1.165) is 38.9 Å². The highest BCUT2D eigenvalue weighted by molar-refractivity contribution is 5.16. The maximum Gasteiger partial charge on any atom is 0.0496 e. The standard InChI is InChI=1S/C12H20O2.2CH4O/c13-7-11-5-3-9(6-11)10-2-1-4-12(10,11)8-14;2*1-2/h9-10,13-14H,1-8H2;2*2H,1H3. The molecule has 3 rings (SSSR count). The molecule has 0 spiro atoms. The van der Waals surface area contributed by atoms with Crippen molar-refractivity contribution in [2.24, 2.45) is 22.7 Å². The Morgan fingerprint density at radius 1 is 0.944 bits per heavy atom. The van der Waals surface area contributed by atoms with E-state index in [-0.39, 0.29) is 10.8 Å². The van der Waals surface area contributed by atoms with E-state index in [1.807, 2.05) is 0 Å². The Morgan fingerprint density at radius 2 is 1.61 bits per heavy atom. The minimum Gasteiger partial charge on any atom is -0.400 e. The maximum absolute atomic E-state index is 9.73. The maximum atomic E-state index is 9.73. The first kappa shape index (κ1) is 15.9. The van der Waals surface area contributed by atoms with Crippen LogP contribution in [-0.2, 0) is 0 Å². The Morgan fingerprint density at radius 3 is 2.17 bits per heavy atom. The van der Waals surface area contributed by atoms with E-state index in [1.54, 1.807) is 0 Å². The van der Waals surface area contributed by atoms with E-state index in [1.165, 1.54) is 25.7 Å². The Kier molecular flexibility index (Phi) is 5.59. The van der Waals surface area contributed by atoms with E-state index in [2.05, 4.69) is 0 Å². The number of rotatable bonds is 2. The average Bonchev–Trinajstić information content (AvgIpc) is 3.13.